The van der Waals surface area contributed by atoms with Gasteiger partial charge in [0, 0.05) is 25.4 Å². The fraction of sp³-hybridized carbons (Fsp3) is 0.625. The van der Waals surface area contributed by atoms with E-state index in [9.17, 15) is 18.3 Å². The van der Waals surface area contributed by atoms with Gasteiger partial charge in [0.1, 0.15) is 22.2 Å². The number of rotatable bonds is 4. The maximum absolute atomic E-state index is 15.3. The van der Waals surface area contributed by atoms with Crippen LogP contribution < -0.4 is 9.88 Å². The molecule has 152 valence electrons. The molecule has 1 aliphatic heterocycles. The number of nitrogens with two attached hydrogens (primary N) is 1. The summed E-state index contributed by atoms with van der Waals surface area (Å²) in [6.45, 7) is 5.22. The average Bonchev–Trinajstić information content (AvgIpc) is 2.51. The maximum atomic E-state index is 15.3. The average molecular weight is 424 g/mol. The van der Waals surface area contributed by atoms with Crippen molar-refractivity contribution in [1.29, 1.82) is 0 Å². The number of sulfonamides is 1. The van der Waals surface area contributed by atoms with Crippen LogP contribution in [0.2, 0.25) is 5.02 Å². The van der Waals surface area contributed by atoms with E-state index in [1.165, 1.54) is 4.90 Å². The van der Waals surface area contributed by atoms with Crippen LogP contribution in [0.15, 0.2) is 17.2 Å². The number of amides is 1. The largest absolute Gasteiger partial charge is 0.473 e. The number of piperidine rings is 1. The van der Waals surface area contributed by atoms with Gasteiger partial charge >= 0.3 is 6.09 Å². The molecule has 0 bridgehead atoms. The molecule has 1 amide bonds. The highest BCUT2D eigenvalue weighted by molar-refractivity contribution is 7.89. The summed E-state index contributed by atoms with van der Waals surface area (Å²) in [7, 11) is -3.97. The smallest absolute Gasteiger partial charge is 0.407 e. The normalized spacial score (nSPS) is 23.9. The van der Waals surface area contributed by atoms with Crippen LogP contribution in [-0.2, 0) is 10.0 Å². The summed E-state index contributed by atoms with van der Waals surface area (Å²) in [4.78, 5) is 16.2. The van der Waals surface area contributed by atoms with E-state index in [2.05, 4.69) is 4.98 Å². The minimum Gasteiger partial charge on any atom is -0.473 e. The van der Waals surface area contributed by atoms with Crippen molar-refractivity contribution in [2.24, 2.45) is 10.6 Å². The minimum atomic E-state index is -3.97. The zero-order valence-electron chi connectivity index (χ0n) is 15.3. The Balaban J connectivity index is 2.14. The molecule has 1 aliphatic rings. The van der Waals surface area contributed by atoms with Crippen LogP contribution >= 0.6 is 11.6 Å². The molecule has 2 unspecified atom stereocenters. The summed E-state index contributed by atoms with van der Waals surface area (Å²) < 4.78 is 43.3. The molecule has 8 nitrogen and oxygen atoms in total. The Bertz CT molecular complexity index is 830. The van der Waals surface area contributed by atoms with Crippen molar-refractivity contribution in [3.05, 3.63) is 17.3 Å². The molecule has 1 saturated heterocycles. The Morgan fingerprint density at radius 2 is 2.19 bits per heavy atom. The summed E-state index contributed by atoms with van der Waals surface area (Å²) >= 11 is 5.95. The lowest BCUT2D eigenvalue weighted by molar-refractivity contribution is -0.0363. The third kappa shape index (κ3) is 5.20. The fourth-order valence-electron chi connectivity index (χ4n) is 3.04. The van der Waals surface area contributed by atoms with Crippen LogP contribution in [0.5, 0.6) is 5.88 Å². The Morgan fingerprint density at radius 3 is 2.67 bits per heavy atom. The van der Waals surface area contributed by atoms with Crippen molar-refractivity contribution >= 4 is 27.7 Å². The number of aromatic nitrogens is 1. The van der Waals surface area contributed by atoms with Gasteiger partial charge in [0.05, 0.1) is 6.20 Å². The second-order valence-corrected chi connectivity index (χ2v) is 9.72. The first kappa shape index (κ1) is 21.6. The number of nitrogens with zero attached hydrogens (tertiary/aromatic N) is 2. The number of hydrogen-bond acceptors (Lipinski definition) is 5. The number of hydrogen-bond donors (Lipinski definition) is 2. The van der Waals surface area contributed by atoms with Crippen LogP contribution in [0, 0.1) is 5.41 Å². The van der Waals surface area contributed by atoms with Crippen LogP contribution in [0.1, 0.15) is 33.6 Å². The second kappa shape index (κ2) is 7.40. The van der Waals surface area contributed by atoms with E-state index < -0.39 is 33.2 Å². The molecule has 0 radical (unpaired) electrons. The standard InChI is InChI=1S/C16H23ClFN3O5S/c1-15(2,3)12-7-16(18,4-5-21(12)14(22)23)9-26-13-11(17)6-10(8-20-13)27(19,24)25/h6,8,12H,4-5,7,9H2,1-3H3,(H,22,23)(H2,19,24,25). The SMILES string of the molecule is CC(C)(C)C1CC(F)(COc2ncc(S(N)(=O)=O)cc2Cl)CCN1C(=O)O. The highest BCUT2D eigenvalue weighted by atomic mass is 35.5. The summed E-state index contributed by atoms with van der Waals surface area (Å²) in [5.41, 5.74) is -2.23. The first-order valence-corrected chi connectivity index (χ1v) is 10.1. The molecule has 0 aliphatic carbocycles. The first-order chi connectivity index (χ1) is 12.2. The molecule has 11 heteroatoms. The van der Waals surface area contributed by atoms with E-state index in [1.807, 2.05) is 20.8 Å². The van der Waals surface area contributed by atoms with Crippen LogP contribution in [-0.4, -0.2) is 54.4 Å². The van der Waals surface area contributed by atoms with E-state index in [-0.39, 0.29) is 41.8 Å². The molecule has 1 aromatic heterocycles. The van der Waals surface area contributed by atoms with Crippen molar-refractivity contribution in [3.8, 4) is 5.88 Å². The van der Waals surface area contributed by atoms with Gasteiger partial charge in [-0.1, -0.05) is 32.4 Å². The van der Waals surface area contributed by atoms with Crippen LogP contribution in [0.3, 0.4) is 0 Å². The van der Waals surface area contributed by atoms with E-state index in [1.54, 1.807) is 0 Å². The van der Waals surface area contributed by atoms with Gasteiger partial charge in [-0.05, 0) is 11.5 Å². The molecule has 0 aromatic carbocycles. The number of carboxylic acid groups (broad SMARTS) is 1. The van der Waals surface area contributed by atoms with Gasteiger partial charge in [0.2, 0.25) is 15.9 Å². The summed E-state index contributed by atoms with van der Waals surface area (Å²) in [6, 6.07) is 0.556. The predicted octanol–water partition coefficient (Wildman–Crippen LogP) is 2.66. The molecule has 0 saturated carbocycles. The molecule has 3 N–H and O–H groups in total. The number of likely N-dealkylation sites (tertiary alicyclic amines) is 1. The quantitative estimate of drug-likeness (QED) is 0.767. The predicted molar refractivity (Wildman–Crippen MR) is 97.2 cm³/mol. The lowest BCUT2D eigenvalue weighted by atomic mass is 9.76. The summed E-state index contributed by atoms with van der Waals surface area (Å²) in [5.74, 6) is -0.117. The molecule has 2 rings (SSSR count). The monoisotopic (exact) mass is 423 g/mol. The molecule has 1 aromatic rings. The molecule has 2 heterocycles. The van der Waals surface area contributed by atoms with Crippen molar-refractivity contribution in [1.82, 2.24) is 9.88 Å². The van der Waals surface area contributed by atoms with Crippen molar-refractivity contribution in [2.45, 2.75) is 50.2 Å². The van der Waals surface area contributed by atoms with E-state index in [0.717, 1.165) is 12.3 Å². The van der Waals surface area contributed by atoms with Gasteiger partial charge < -0.3 is 14.7 Å². The molecule has 1 fully saturated rings. The number of ether oxygens (including phenoxy) is 1. The Morgan fingerprint density at radius 1 is 1.56 bits per heavy atom. The molecular weight excluding hydrogens is 401 g/mol. The van der Waals surface area contributed by atoms with Crippen molar-refractivity contribution in [2.75, 3.05) is 13.2 Å². The van der Waals surface area contributed by atoms with Crippen LogP contribution in [0.25, 0.3) is 0 Å². The van der Waals surface area contributed by atoms with Crippen molar-refractivity contribution in [3.63, 3.8) is 0 Å². The van der Waals surface area contributed by atoms with Gasteiger partial charge in [-0.25, -0.2) is 27.7 Å². The van der Waals surface area contributed by atoms with E-state index >= 15 is 4.39 Å². The highest BCUT2D eigenvalue weighted by Crippen LogP contribution is 2.39. The van der Waals surface area contributed by atoms with Gasteiger partial charge in [-0.3, -0.25) is 0 Å². The van der Waals surface area contributed by atoms with E-state index in [4.69, 9.17) is 21.5 Å². The molecule has 27 heavy (non-hydrogen) atoms. The topological polar surface area (TPSA) is 123 Å². The zero-order valence-corrected chi connectivity index (χ0v) is 16.8. The van der Waals surface area contributed by atoms with Crippen LogP contribution in [0.4, 0.5) is 9.18 Å². The second-order valence-electron chi connectivity index (χ2n) is 7.75. The molecule has 0 spiro atoms. The van der Waals surface area contributed by atoms with Gasteiger partial charge in [0.15, 0.2) is 0 Å². The fourth-order valence-corrected chi connectivity index (χ4v) is 3.80. The third-order valence-electron chi connectivity index (χ3n) is 4.56. The number of primary sulfonamides is 1. The first-order valence-electron chi connectivity index (χ1n) is 8.23. The molecule has 2 atom stereocenters. The number of pyridine rings is 1. The summed E-state index contributed by atoms with van der Waals surface area (Å²) in [6.07, 6.45) is -0.165. The maximum Gasteiger partial charge on any atom is 0.407 e. The molecular formula is C16H23ClFN3O5S. The van der Waals surface area contributed by atoms with Gasteiger partial charge in [0.25, 0.3) is 0 Å². The Labute approximate surface area is 162 Å². The number of alkyl halides is 1. The van der Waals surface area contributed by atoms with Gasteiger partial charge in [-0.15, -0.1) is 0 Å². The zero-order chi connectivity index (χ0) is 20.6. The number of carbonyl (C=O) groups is 1. The Kier molecular flexibility index (Phi) is 5.93. The summed E-state index contributed by atoms with van der Waals surface area (Å²) in [5, 5.41) is 14.3. The Hall–Kier alpha value is -1.65. The third-order valence-corrected chi connectivity index (χ3v) is 5.71. The van der Waals surface area contributed by atoms with Crippen molar-refractivity contribution < 1.29 is 27.4 Å². The number of halogens is 2. The van der Waals surface area contributed by atoms with E-state index in [0.29, 0.717) is 0 Å². The minimum absolute atomic E-state index is 0.0290. The highest BCUT2D eigenvalue weighted by Gasteiger charge is 2.46. The lowest BCUT2D eigenvalue weighted by Gasteiger charge is -2.46. The lowest BCUT2D eigenvalue weighted by Crippen LogP contribution is -2.57. The van der Waals surface area contributed by atoms with Gasteiger partial charge in [-0.2, -0.15) is 0 Å².